The molecule has 0 saturated carbocycles. The van der Waals surface area contributed by atoms with Crippen molar-refractivity contribution in [2.75, 3.05) is 0 Å². The van der Waals surface area contributed by atoms with Crippen LogP contribution in [0.2, 0.25) is 5.22 Å². The SMILES string of the molecule is C[C@@H](NCc1ccc(Cl)o1)c1cccnc1. The Kier molecular flexibility index (Phi) is 3.59. The first-order valence-electron chi connectivity index (χ1n) is 5.13. The van der Waals surface area contributed by atoms with E-state index in [1.807, 2.05) is 24.4 Å². The minimum atomic E-state index is 0.234. The zero-order chi connectivity index (χ0) is 11.4. The zero-order valence-corrected chi connectivity index (χ0v) is 9.74. The second-order valence-corrected chi connectivity index (χ2v) is 3.97. The van der Waals surface area contributed by atoms with Gasteiger partial charge in [0.05, 0.1) is 6.54 Å². The summed E-state index contributed by atoms with van der Waals surface area (Å²) in [5.74, 6) is 0.834. The Morgan fingerprint density at radius 3 is 2.94 bits per heavy atom. The minimum absolute atomic E-state index is 0.234. The van der Waals surface area contributed by atoms with Crippen molar-refractivity contribution in [3.63, 3.8) is 0 Å². The highest BCUT2D eigenvalue weighted by atomic mass is 35.5. The molecule has 0 radical (unpaired) electrons. The Labute approximate surface area is 99.5 Å². The number of nitrogens with one attached hydrogen (secondary N) is 1. The average Bonchev–Trinajstić information content (AvgIpc) is 2.73. The van der Waals surface area contributed by atoms with Gasteiger partial charge in [-0.25, -0.2) is 0 Å². The number of nitrogens with zero attached hydrogens (tertiary/aromatic N) is 1. The first-order valence-corrected chi connectivity index (χ1v) is 5.51. The van der Waals surface area contributed by atoms with E-state index in [0.29, 0.717) is 11.8 Å². The molecule has 0 bridgehead atoms. The van der Waals surface area contributed by atoms with Crippen LogP contribution >= 0.6 is 11.6 Å². The van der Waals surface area contributed by atoms with Gasteiger partial charge in [0, 0.05) is 18.4 Å². The van der Waals surface area contributed by atoms with E-state index in [4.69, 9.17) is 16.0 Å². The third-order valence-electron chi connectivity index (χ3n) is 2.40. The van der Waals surface area contributed by atoms with Gasteiger partial charge in [-0.15, -0.1) is 0 Å². The largest absolute Gasteiger partial charge is 0.448 e. The molecule has 1 N–H and O–H groups in total. The summed E-state index contributed by atoms with van der Waals surface area (Å²) in [6.07, 6.45) is 3.62. The summed E-state index contributed by atoms with van der Waals surface area (Å²) in [6.45, 7) is 2.74. The fraction of sp³-hybridized carbons (Fsp3) is 0.250. The third kappa shape index (κ3) is 2.84. The normalized spacial score (nSPS) is 12.6. The van der Waals surface area contributed by atoms with Crippen LogP contribution in [0.15, 0.2) is 41.1 Å². The van der Waals surface area contributed by atoms with E-state index in [-0.39, 0.29) is 6.04 Å². The molecule has 84 valence electrons. The number of hydrogen-bond acceptors (Lipinski definition) is 3. The molecule has 4 heteroatoms. The summed E-state index contributed by atoms with van der Waals surface area (Å²) >= 11 is 5.69. The highest BCUT2D eigenvalue weighted by Crippen LogP contribution is 2.15. The molecule has 0 saturated heterocycles. The van der Waals surface area contributed by atoms with Crippen molar-refractivity contribution in [3.8, 4) is 0 Å². The molecule has 0 aliphatic rings. The average molecular weight is 237 g/mol. The van der Waals surface area contributed by atoms with Crippen LogP contribution in [-0.2, 0) is 6.54 Å². The summed E-state index contributed by atoms with van der Waals surface area (Å²) in [6, 6.07) is 7.81. The molecular weight excluding hydrogens is 224 g/mol. The predicted molar refractivity (Wildman–Crippen MR) is 63.2 cm³/mol. The summed E-state index contributed by atoms with van der Waals surface area (Å²) in [7, 11) is 0. The maximum absolute atomic E-state index is 5.69. The highest BCUT2D eigenvalue weighted by Gasteiger charge is 2.06. The fourth-order valence-electron chi connectivity index (χ4n) is 1.45. The molecule has 0 fully saturated rings. The fourth-order valence-corrected chi connectivity index (χ4v) is 1.61. The molecular formula is C12H13ClN2O. The molecule has 0 aromatic carbocycles. The number of pyridine rings is 1. The van der Waals surface area contributed by atoms with Gasteiger partial charge in [-0.1, -0.05) is 6.07 Å². The van der Waals surface area contributed by atoms with Crippen molar-refractivity contribution in [2.45, 2.75) is 19.5 Å². The van der Waals surface area contributed by atoms with Crippen molar-refractivity contribution >= 4 is 11.6 Å². The van der Waals surface area contributed by atoms with Crippen molar-refractivity contribution in [1.29, 1.82) is 0 Å². The van der Waals surface area contributed by atoms with E-state index >= 15 is 0 Å². The van der Waals surface area contributed by atoms with Crippen LogP contribution in [0.3, 0.4) is 0 Å². The Morgan fingerprint density at radius 1 is 1.44 bits per heavy atom. The maximum Gasteiger partial charge on any atom is 0.193 e. The third-order valence-corrected chi connectivity index (χ3v) is 2.60. The van der Waals surface area contributed by atoms with Gasteiger partial charge in [-0.3, -0.25) is 4.98 Å². The second-order valence-electron chi connectivity index (χ2n) is 3.59. The number of rotatable bonds is 4. The topological polar surface area (TPSA) is 38.1 Å². The molecule has 1 atom stereocenters. The lowest BCUT2D eigenvalue weighted by molar-refractivity contribution is 0.461. The van der Waals surface area contributed by atoms with Crippen molar-refractivity contribution in [3.05, 3.63) is 53.2 Å². The van der Waals surface area contributed by atoms with E-state index in [2.05, 4.69) is 17.2 Å². The van der Waals surface area contributed by atoms with Crippen LogP contribution < -0.4 is 5.32 Å². The van der Waals surface area contributed by atoms with E-state index in [0.717, 1.165) is 11.3 Å². The lowest BCUT2D eigenvalue weighted by Crippen LogP contribution is -2.17. The molecule has 0 unspecified atom stereocenters. The molecule has 2 rings (SSSR count). The van der Waals surface area contributed by atoms with E-state index < -0.39 is 0 Å². The maximum atomic E-state index is 5.69. The molecule has 3 nitrogen and oxygen atoms in total. The summed E-state index contributed by atoms with van der Waals surface area (Å²) in [5.41, 5.74) is 1.15. The van der Waals surface area contributed by atoms with Crippen molar-refractivity contribution in [1.82, 2.24) is 10.3 Å². The van der Waals surface area contributed by atoms with E-state index in [1.54, 1.807) is 12.3 Å². The van der Waals surface area contributed by atoms with Gasteiger partial charge >= 0.3 is 0 Å². The van der Waals surface area contributed by atoms with Crippen LogP contribution in [0.5, 0.6) is 0 Å². The van der Waals surface area contributed by atoms with Crippen LogP contribution in [0.25, 0.3) is 0 Å². The second kappa shape index (κ2) is 5.14. The van der Waals surface area contributed by atoms with Gasteiger partial charge < -0.3 is 9.73 Å². The first-order chi connectivity index (χ1) is 7.75. The van der Waals surface area contributed by atoms with Gasteiger partial charge in [0.15, 0.2) is 5.22 Å². The monoisotopic (exact) mass is 236 g/mol. The van der Waals surface area contributed by atoms with Crippen LogP contribution in [0.1, 0.15) is 24.3 Å². The molecule has 0 aliphatic carbocycles. The summed E-state index contributed by atoms with van der Waals surface area (Å²) < 4.78 is 5.26. The van der Waals surface area contributed by atoms with Crippen LogP contribution in [0.4, 0.5) is 0 Å². The van der Waals surface area contributed by atoms with Crippen LogP contribution in [0, 0.1) is 0 Å². The molecule has 0 aliphatic heterocycles. The van der Waals surface area contributed by atoms with Crippen molar-refractivity contribution < 1.29 is 4.42 Å². The standard InChI is InChI=1S/C12H13ClN2O/c1-9(10-3-2-6-14-7-10)15-8-11-4-5-12(13)16-11/h2-7,9,15H,8H2,1H3/t9-/m1/s1. The lowest BCUT2D eigenvalue weighted by atomic mass is 10.1. The van der Waals surface area contributed by atoms with Gasteiger partial charge in [0.1, 0.15) is 5.76 Å². The van der Waals surface area contributed by atoms with Gasteiger partial charge in [0.25, 0.3) is 0 Å². The molecule has 2 heterocycles. The molecule has 16 heavy (non-hydrogen) atoms. The lowest BCUT2D eigenvalue weighted by Gasteiger charge is -2.12. The summed E-state index contributed by atoms with van der Waals surface area (Å²) in [4.78, 5) is 4.08. The quantitative estimate of drug-likeness (QED) is 0.886. The number of aromatic nitrogens is 1. The van der Waals surface area contributed by atoms with Gasteiger partial charge in [-0.05, 0) is 42.3 Å². The highest BCUT2D eigenvalue weighted by molar-refractivity contribution is 6.28. The van der Waals surface area contributed by atoms with E-state index in [1.165, 1.54) is 0 Å². The zero-order valence-electron chi connectivity index (χ0n) is 8.98. The molecule has 0 spiro atoms. The van der Waals surface area contributed by atoms with Crippen LogP contribution in [-0.4, -0.2) is 4.98 Å². The molecule has 0 amide bonds. The number of furan rings is 1. The molecule has 2 aromatic rings. The predicted octanol–water partition coefficient (Wildman–Crippen LogP) is 3.18. The Morgan fingerprint density at radius 2 is 2.31 bits per heavy atom. The number of hydrogen-bond donors (Lipinski definition) is 1. The van der Waals surface area contributed by atoms with Gasteiger partial charge in [0.2, 0.25) is 0 Å². The Bertz CT molecular complexity index is 441. The number of halogens is 1. The van der Waals surface area contributed by atoms with E-state index in [9.17, 15) is 0 Å². The summed E-state index contributed by atoms with van der Waals surface area (Å²) in [5, 5.41) is 3.76. The smallest absolute Gasteiger partial charge is 0.193 e. The minimum Gasteiger partial charge on any atom is -0.448 e. The Hall–Kier alpha value is -1.32. The first kappa shape index (κ1) is 11.2. The molecule has 2 aromatic heterocycles. The van der Waals surface area contributed by atoms with Crippen molar-refractivity contribution in [2.24, 2.45) is 0 Å². The Balaban J connectivity index is 1.91. The van der Waals surface area contributed by atoms with Gasteiger partial charge in [-0.2, -0.15) is 0 Å².